The van der Waals surface area contributed by atoms with Crippen molar-refractivity contribution in [3.63, 3.8) is 0 Å². The molecule has 0 amide bonds. The van der Waals surface area contributed by atoms with Gasteiger partial charge in [0.25, 0.3) is 4.96 Å². The summed E-state index contributed by atoms with van der Waals surface area (Å²) in [6.07, 6.45) is 7.57. The molecule has 0 aliphatic carbocycles. The van der Waals surface area contributed by atoms with Crippen LogP contribution in [0.1, 0.15) is 12.0 Å². The highest BCUT2D eigenvalue weighted by Crippen LogP contribution is 2.34. The van der Waals surface area contributed by atoms with Crippen LogP contribution in [0.2, 0.25) is 0 Å². The molecule has 3 aromatic rings. The molecule has 4 heterocycles. The van der Waals surface area contributed by atoms with Crippen molar-refractivity contribution < 1.29 is 4.92 Å². The van der Waals surface area contributed by atoms with Gasteiger partial charge in [-0.2, -0.15) is 14.5 Å². The lowest BCUT2D eigenvalue weighted by atomic mass is 10.0. The Hall–Kier alpha value is -2.42. The van der Waals surface area contributed by atoms with Gasteiger partial charge in [-0.15, -0.1) is 0 Å². The van der Waals surface area contributed by atoms with Crippen LogP contribution < -0.4 is 4.90 Å². The molecule has 23 heavy (non-hydrogen) atoms. The molecule has 3 aromatic heterocycles. The van der Waals surface area contributed by atoms with Gasteiger partial charge in [-0.3, -0.25) is 4.68 Å². The molecule has 0 spiro atoms. The highest BCUT2D eigenvalue weighted by atomic mass is 32.1. The van der Waals surface area contributed by atoms with Crippen LogP contribution in [-0.2, 0) is 13.5 Å². The first-order valence-corrected chi connectivity index (χ1v) is 8.32. The fourth-order valence-corrected chi connectivity index (χ4v) is 3.95. The molecule has 8 nitrogen and oxygen atoms in total. The minimum absolute atomic E-state index is 0.0725. The molecular formula is C14H16N6O2S. The summed E-state index contributed by atoms with van der Waals surface area (Å²) >= 11 is 1.41. The lowest BCUT2D eigenvalue weighted by molar-refractivity contribution is -0.389. The predicted octanol–water partition coefficient (Wildman–Crippen LogP) is 2.11. The molecule has 4 rings (SSSR count). The summed E-state index contributed by atoms with van der Waals surface area (Å²) in [4.78, 5) is 18.3. The van der Waals surface area contributed by atoms with Crippen molar-refractivity contribution in [2.75, 3.05) is 18.0 Å². The number of rotatable bonds is 4. The molecule has 1 aliphatic heterocycles. The molecule has 120 valence electrons. The summed E-state index contributed by atoms with van der Waals surface area (Å²) in [6, 6.07) is 0. The van der Waals surface area contributed by atoms with Gasteiger partial charge in [0.05, 0.1) is 6.20 Å². The minimum atomic E-state index is -0.337. The molecule has 0 radical (unpaired) electrons. The topological polar surface area (TPSA) is 81.5 Å². The fourth-order valence-electron chi connectivity index (χ4n) is 3.25. The van der Waals surface area contributed by atoms with Gasteiger partial charge in [0, 0.05) is 31.7 Å². The number of hydrogen-bond acceptors (Lipinski definition) is 6. The van der Waals surface area contributed by atoms with E-state index in [-0.39, 0.29) is 10.7 Å². The van der Waals surface area contributed by atoms with Crippen molar-refractivity contribution >= 4 is 27.9 Å². The Labute approximate surface area is 136 Å². The quantitative estimate of drug-likeness (QED) is 0.540. The second kappa shape index (κ2) is 5.34. The molecular weight excluding hydrogens is 316 g/mol. The van der Waals surface area contributed by atoms with Gasteiger partial charge < -0.3 is 15.0 Å². The predicted molar refractivity (Wildman–Crippen MR) is 87.0 cm³/mol. The van der Waals surface area contributed by atoms with Crippen LogP contribution in [0.5, 0.6) is 0 Å². The van der Waals surface area contributed by atoms with Gasteiger partial charge in [-0.05, 0) is 29.2 Å². The highest BCUT2D eigenvalue weighted by molar-refractivity contribution is 7.15. The van der Waals surface area contributed by atoms with Gasteiger partial charge >= 0.3 is 5.82 Å². The van der Waals surface area contributed by atoms with E-state index in [9.17, 15) is 10.1 Å². The molecule has 1 aliphatic rings. The molecule has 0 aromatic carbocycles. The number of hydrogen-bond donors (Lipinski definition) is 0. The highest BCUT2D eigenvalue weighted by Gasteiger charge is 2.32. The van der Waals surface area contributed by atoms with E-state index in [4.69, 9.17) is 0 Å². The maximum atomic E-state index is 11.4. The maximum absolute atomic E-state index is 11.4. The molecule has 1 fully saturated rings. The number of fused-ring (bicyclic) bond motifs is 1. The fraction of sp³-hybridized carbons (Fsp3) is 0.429. The average Bonchev–Trinajstić information content (AvgIpc) is 3.22. The number of nitrogens with zero attached hydrogens (tertiary/aromatic N) is 6. The van der Waals surface area contributed by atoms with E-state index >= 15 is 0 Å². The normalized spacial score (nSPS) is 18.1. The monoisotopic (exact) mass is 332 g/mol. The van der Waals surface area contributed by atoms with E-state index in [0.29, 0.717) is 16.7 Å². The van der Waals surface area contributed by atoms with Gasteiger partial charge in [0.1, 0.15) is 6.20 Å². The van der Waals surface area contributed by atoms with Gasteiger partial charge in [-0.1, -0.05) is 11.3 Å². The SMILES string of the molecule is Cn1cc(CC2CCN(c3nc4sccn4c3[N+](=O)[O-])C2)cn1. The van der Waals surface area contributed by atoms with Crippen molar-refractivity contribution in [2.45, 2.75) is 12.8 Å². The maximum Gasteiger partial charge on any atom is 0.373 e. The van der Waals surface area contributed by atoms with Crippen molar-refractivity contribution in [3.8, 4) is 0 Å². The number of thiazole rings is 1. The number of imidazole rings is 1. The first kappa shape index (κ1) is 14.2. The van der Waals surface area contributed by atoms with Gasteiger partial charge in [0.2, 0.25) is 5.82 Å². The summed E-state index contributed by atoms with van der Waals surface area (Å²) in [5.41, 5.74) is 1.21. The first-order valence-electron chi connectivity index (χ1n) is 7.44. The van der Waals surface area contributed by atoms with Gasteiger partial charge in [0.15, 0.2) is 0 Å². The van der Waals surface area contributed by atoms with Crippen molar-refractivity contribution in [1.82, 2.24) is 19.2 Å². The Morgan fingerprint density at radius 3 is 3.13 bits per heavy atom. The van der Waals surface area contributed by atoms with Gasteiger partial charge in [-0.25, -0.2) is 0 Å². The van der Waals surface area contributed by atoms with E-state index in [0.717, 1.165) is 25.9 Å². The summed E-state index contributed by atoms with van der Waals surface area (Å²) in [5.74, 6) is 1.04. The Balaban J connectivity index is 1.56. The zero-order chi connectivity index (χ0) is 16.0. The summed E-state index contributed by atoms with van der Waals surface area (Å²) < 4.78 is 3.37. The summed E-state index contributed by atoms with van der Waals surface area (Å²) in [7, 11) is 1.91. The second-order valence-electron chi connectivity index (χ2n) is 5.90. The van der Waals surface area contributed by atoms with E-state index in [2.05, 4.69) is 10.1 Å². The average molecular weight is 332 g/mol. The van der Waals surface area contributed by atoms with Crippen molar-refractivity contribution in [3.05, 3.63) is 39.6 Å². The Kier molecular flexibility index (Phi) is 3.29. The molecule has 1 atom stereocenters. The lowest BCUT2D eigenvalue weighted by Gasteiger charge is -2.15. The van der Waals surface area contributed by atoms with Crippen LogP contribution >= 0.6 is 11.3 Å². The van der Waals surface area contributed by atoms with Crippen molar-refractivity contribution in [1.29, 1.82) is 0 Å². The third-order valence-corrected chi connectivity index (χ3v) is 5.02. The Bertz CT molecular complexity index is 866. The zero-order valence-electron chi connectivity index (χ0n) is 12.6. The van der Waals surface area contributed by atoms with Crippen LogP contribution in [0.4, 0.5) is 11.6 Å². The number of anilines is 1. The van der Waals surface area contributed by atoms with E-state index < -0.39 is 0 Å². The third-order valence-electron chi connectivity index (χ3n) is 4.26. The van der Waals surface area contributed by atoms with Crippen LogP contribution in [0, 0.1) is 16.0 Å². The van der Waals surface area contributed by atoms with Crippen LogP contribution in [0.15, 0.2) is 24.0 Å². The first-order chi connectivity index (χ1) is 11.1. The number of aromatic nitrogens is 4. The van der Waals surface area contributed by atoms with E-state index in [1.807, 2.05) is 29.7 Å². The standard InChI is InChI=1S/C14H16N6O2S/c1-17-8-11(7-15-17)6-10-2-3-18(9-10)12-13(20(21)22)19-4-5-23-14(19)16-12/h4-5,7-8,10H,2-3,6,9H2,1H3. The summed E-state index contributed by atoms with van der Waals surface area (Å²) in [5, 5.41) is 17.4. The summed E-state index contributed by atoms with van der Waals surface area (Å²) in [6.45, 7) is 1.59. The molecule has 0 bridgehead atoms. The van der Waals surface area contributed by atoms with E-state index in [1.165, 1.54) is 16.9 Å². The van der Waals surface area contributed by atoms with Crippen LogP contribution in [-0.4, -0.2) is 37.2 Å². The molecule has 0 saturated carbocycles. The van der Waals surface area contributed by atoms with Crippen LogP contribution in [0.25, 0.3) is 4.96 Å². The number of nitro groups is 1. The molecule has 1 saturated heterocycles. The van der Waals surface area contributed by atoms with Crippen LogP contribution in [0.3, 0.4) is 0 Å². The lowest BCUT2D eigenvalue weighted by Crippen LogP contribution is -2.21. The largest absolute Gasteiger partial charge is 0.373 e. The molecule has 0 N–H and O–H groups in total. The Morgan fingerprint density at radius 2 is 2.39 bits per heavy atom. The Morgan fingerprint density at radius 1 is 1.52 bits per heavy atom. The second-order valence-corrected chi connectivity index (χ2v) is 6.77. The smallest absolute Gasteiger partial charge is 0.358 e. The third kappa shape index (κ3) is 2.46. The molecule has 1 unspecified atom stereocenters. The van der Waals surface area contributed by atoms with E-state index in [1.54, 1.807) is 15.3 Å². The van der Waals surface area contributed by atoms with Crippen molar-refractivity contribution in [2.24, 2.45) is 13.0 Å². The number of aryl methyl sites for hydroxylation is 1. The minimum Gasteiger partial charge on any atom is -0.358 e. The molecule has 9 heteroatoms. The zero-order valence-corrected chi connectivity index (χ0v) is 13.4.